The molecule has 2 N–H and O–H groups in total. The molecule has 1 aliphatic rings. The van der Waals surface area contributed by atoms with Gasteiger partial charge in [0.25, 0.3) is 5.91 Å². The maximum atomic E-state index is 13.2. The number of benzene rings is 1. The van der Waals surface area contributed by atoms with Crippen LogP contribution in [0.1, 0.15) is 54.1 Å². The van der Waals surface area contributed by atoms with Crippen LogP contribution in [-0.2, 0) is 16.0 Å². The Bertz CT molecular complexity index is 1230. The highest BCUT2D eigenvalue weighted by Crippen LogP contribution is 2.36. The fraction of sp³-hybridized carbons (Fsp3) is 0.280. The third kappa shape index (κ3) is 5.11. The molecule has 0 atom stereocenters. The smallest absolute Gasteiger partial charge is 0.339 e. The fourth-order valence-electron chi connectivity index (χ4n) is 3.92. The van der Waals surface area contributed by atoms with Gasteiger partial charge < -0.3 is 14.5 Å². The maximum absolute atomic E-state index is 13.2. The summed E-state index contributed by atoms with van der Waals surface area (Å²) in [5, 5.41) is 5.36. The molecule has 0 bridgehead atoms. The number of pyridine rings is 1. The average Bonchev–Trinajstić information content (AvgIpc) is 3.29. The first-order chi connectivity index (χ1) is 15.9. The number of carbonyl (C=O) groups is 3. The highest BCUT2D eigenvalue weighted by molar-refractivity contribution is 6.07. The number of imide groups is 1. The Labute approximate surface area is 191 Å². The molecule has 1 aliphatic carbocycles. The summed E-state index contributed by atoms with van der Waals surface area (Å²) in [7, 11) is 0. The summed E-state index contributed by atoms with van der Waals surface area (Å²) in [5.74, 6) is -0.607. The van der Waals surface area contributed by atoms with Gasteiger partial charge in [-0.05, 0) is 68.5 Å². The fourth-order valence-corrected chi connectivity index (χ4v) is 3.92. The Morgan fingerprint density at radius 3 is 2.73 bits per heavy atom. The van der Waals surface area contributed by atoms with Crippen molar-refractivity contribution in [1.29, 1.82) is 0 Å². The summed E-state index contributed by atoms with van der Waals surface area (Å²) >= 11 is 0. The van der Waals surface area contributed by atoms with Crippen LogP contribution in [0.15, 0.2) is 47.1 Å². The zero-order valence-electron chi connectivity index (χ0n) is 18.5. The molecule has 33 heavy (non-hydrogen) atoms. The van der Waals surface area contributed by atoms with E-state index in [9.17, 15) is 14.4 Å². The molecular formula is C25H25N3O5. The van der Waals surface area contributed by atoms with Gasteiger partial charge in [-0.1, -0.05) is 18.2 Å². The third-order valence-corrected chi connectivity index (χ3v) is 5.24. The molecule has 0 spiro atoms. The summed E-state index contributed by atoms with van der Waals surface area (Å²) in [6.45, 7) is 2.98. The number of fused-ring (bicyclic) bond motifs is 2. The first-order valence-electron chi connectivity index (χ1n) is 10.9. The van der Waals surface area contributed by atoms with Gasteiger partial charge in [0, 0.05) is 11.4 Å². The third-order valence-electron chi connectivity index (χ3n) is 5.24. The van der Waals surface area contributed by atoms with Gasteiger partial charge in [0.05, 0.1) is 23.0 Å². The lowest BCUT2D eigenvalue weighted by atomic mass is 9.86. The number of allylic oxidation sites excluding steroid dienone is 1. The molecular weight excluding hydrogens is 422 g/mol. The predicted octanol–water partition coefficient (Wildman–Crippen LogP) is 4.10. The molecule has 0 aliphatic heterocycles. The van der Waals surface area contributed by atoms with E-state index in [4.69, 9.17) is 14.1 Å². The lowest BCUT2D eigenvalue weighted by molar-refractivity contribution is -0.123. The van der Waals surface area contributed by atoms with Crippen molar-refractivity contribution >= 4 is 40.5 Å². The van der Waals surface area contributed by atoms with E-state index in [-0.39, 0.29) is 6.04 Å². The molecule has 2 heterocycles. The van der Waals surface area contributed by atoms with Crippen LogP contribution in [0.5, 0.6) is 0 Å². The molecule has 0 unspecified atom stereocenters. The maximum Gasteiger partial charge on any atom is 0.339 e. The minimum Gasteiger partial charge on any atom is -0.465 e. The number of nitrogens with zero attached hydrogens (tertiary/aromatic N) is 1. The largest absolute Gasteiger partial charge is 0.465 e. The van der Waals surface area contributed by atoms with E-state index in [1.165, 1.54) is 0 Å². The molecule has 8 heteroatoms. The average molecular weight is 447 g/mol. The van der Waals surface area contributed by atoms with E-state index in [1.807, 2.05) is 42.5 Å². The molecule has 2 aromatic heterocycles. The van der Waals surface area contributed by atoms with Gasteiger partial charge in [0.2, 0.25) is 0 Å². The van der Waals surface area contributed by atoms with E-state index in [0.717, 1.165) is 29.7 Å². The summed E-state index contributed by atoms with van der Waals surface area (Å²) in [6.07, 6.45) is 5.86. The molecule has 1 aromatic carbocycles. The normalized spacial score (nSPS) is 14.2. The molecule has 0 fully saturated rings. The van der Waals surface area contributed by atoms with Gasteiger partial charge in [0.1, 0.15) is 5.76 Å². The SMILES string of the molecule is CC(C)NC(=O)NC(=O)COC(=O)c1c2c(nc3ccccc13)/C(=C/c1ccco1)CCC2. The van der Waals surface area contributed by atoms with Crippen molar-refractivity contribution in [3.05, 3.63) is 65.2 Å². The second-order valence-corrected chi connectivity index (χ2v) is 8.12. The number of amides is 3. The van der Waals surface area contributed by atoms with Crippen molar-refractivity contribution in [2.24, 2.45) is 0 Å². The van der Waals surface area contributed by atoms with Gasteiger partial charge in [0.15, 0.2) is 6.61 Å². The molecule has 8 nitrogen and oxygen atoms in total. The van der Waals surface area contributed by atoms with Gasteiger partial charge in [-0.15, -0.1) is 0 Å². The molecule has 4 rings (SSSR count). The zero-order valence-corrected chi connectivity index (χ0v) is 18.5. The predicted molar refractivity (Wildman–Crippen MR) is 123 cm³/mol. The van der Waals surface area contributed by atoms with Crippen LogP contribution in [-0.4, -0.2) is 35.5 Å². The quantitative estimate of drug-likeness (QED) is 0.570. The molecule has 0 saturated heterocycles. The molecule has 3 amide bonds. The van der Waals surface area contributed by atoms with E-state index in [0.29, 0.717) is 28.6 Å². The molecule has 170 valence electrons. The summed E-state index contributed by atoms with van der Waals surface area (Å²) < 4.78 is 10.8. The van der Waals surface area contributed by atoms with Crippen LogP contribution in [0.2, 0.25) is 0 Å². The minimum atomic E-state index is -0.702. The highest BCUT2D eigenvalue weighted by Gasteiger charge is 2.26. The second kappa shape index (κ2) is 9.68. The Hall–Kier alpha value is -3.94. The van der Waals surface area contributed by atoms with E-state index in [1.54, 1.807) is 20.1 Å². The van der Waals surface area contributed by atoms with Crippen molar-refractivity contribution in [3.8, 4) is 0 Å². The van der Waals surface area contributed by atoms with Crippen LogP contribution in [0, 0.1) is 0 Å². The van der Waals surface area contributed by atoms with Crippen molar-refractivity contribution in [1.82, 2.24) is 15.6 Å². The van der Waals surface area contributed by atoms with Crippen molar-refractivity contribution in [2.45, 2.75) is 39.2 Å². The molecule has 0 saturated carbocycles. The monoisotopic (exact) mass is 447 g/mol. The van der Waals surface area contributed by atoms with Gasteiger partial charge in [-0.2, -0.15) is 0 Å². The zero-order chi connectivity index (χ0) is 23.4. The summed E-state index contributed by atoms with van der Waals surface area (Å²) in [6, 6.07) is 10.3. The first-order valence-corrected chi connectivity index (χ1v) is 10.9. The number of para-hydroxylation sites is 1. The van der Waals surface area contributed by atoms with Gasteiger partial charge >= 0.3 is 12.0 Å². The number of urea groups is 1. The van der Waals surface area contributed by atoms with Crippen molar-refractivity contribution < 1.29 is 23.5 Å². The summed E-state index contributed by atoms with van der Waals surface area (Å²) in [5.41, 5.74) is 3.58. The number of hydrogen-bond donors (Lipinski definition) is 2. The number of rotatable bonds is 5. The highest BCUT2D eigenvalue weighted by atomic mass is 16.5. The van der Waals surface area contributed by atoms with E-state index >= 15 is 0 Å². The Morgan fingerprint density at radius 1 is 1.15 bits per heavy atom. The lowest BCUT2D eigenvalue weighted by Gasteiger charge is -2.22. The number of carbonyl (C=O) groups excluding carboxylic acids is 3. The Morgan fingerprint density at radius 2 is 1.97 bits per heavy atom. The van der Waals surface area contributed by atoms with Crippen molar-refractivity contribution in [3.63, 3.8) is 0 Å². The summed E-state index contributed by atoms with van der Waals surface area (Å²) in [4.78, 5) is 41.8. The lowest BCUT2D eigenvalue weighted by Crippen LogP contribution is -2.44. The molecule has 0 radical (unpaired) electrons. The molecule has 3 aromatic rings. The van der Waals surface area contributed by atoms with Gasteiger partial charge in [-0.3, -0.25) is 10.1 Å². The Balaban J connectivity index is 1.64. The van der Waals surface area contributed by atoms with E-state index in [2.05, 4.69) is 10.6 Å². The van der Waals surface area contributed by atoms with Crippen LogP contribution in [0.25, 0.3) is 22.6 Å². The number of nitrogens with one attached hydrogen (secondary N) is 2. The topological polar surface area (TPSA) is 111 Å². The standard InChI is InChI=1S/C25H25N3O5/c1-15(2)26-25(31)28-21(29)14-33-24(30)22-18-9-3-4-11-20(18)27-23-16(7-5-10-19(22)23)13-17-8-6-12-32-17/h3-4,6,8-9,11-13,15H,5,7,10,14H2,1-2H3,(H2,26,28,29,31)/b16-13+. The minimum absolute atomic E-state index is 0.126. The number of hydrogen-bond acceptors (Lipinski definition) is 6. The Kier molecular flexibility index (Phi) is 6.53. The number of ether oxygens (including phenoxy) is 1. The van der Waals surface area contributed by atoms with Crippen LogP contribution in [0.3, 0.4) is 0 Å². The van der Waals surface area contributed by atoms with Crippen LogP contribution < -0.4 is 10.6 Å². The van der Waals surface area contributed by atoms with Crippen molar-refractivity contribution in [2.75, 3.05) is 6.61 Å². The van der Waals surface area contributed by atoms with Gasteiger partial charge in [-0.25, -0.2) is 14.6 Å². The second-order valence-electron chi connectivity index (χ2n) is 8.12. The number of esters is 1. The van der Waals surface area contributed by atoms with Crippen LogP contribution in [0.4, 0.5) is 4.79 Å². The van der Waals surface area contributed by atoms with Crippen LogP contribution >= 0.6 is 0 Å². The number of furan rings is 1. The number of aromatic nitrogens is 1. The van der Waals surface area contributed by atoms with E-state index < -0.39 is 24.5 Å². The first kappa shape index (κ1) is 22.3.